The van der Waals surface area contributed by atoms with Gasteiger partial charge in [-0.3, -0.25) is 4.79 Å². The van der Waals surface area contributed by atoms with E-state index in [1.807, 2.05) is 4.90 Å². The topological polar surface area (TPSA) is 59.1 Å². The van der Waals surface area contributed by atoms with Crippen LogP contribution < -0.4 is 0 Å². The molecule has 2 saturated heterocycles. The van der Waals surface area contributed by atoms with Crippen LogP contribution in [0, 0.1) is 5.92 Å². The van der Waals surface area contributed by atoms with Crippen molar-refractivity contribution in [2.75, 3.05) is 33.4 Å². The van der Waals surface area contributed by atoms with Crippen molar-refractivity contribution >= 4 is 12.0 Å². The summed E-state index contributed by atoms with van der Waals surface area (Å²) in [5.41, 5.74) is 0. The SMILES string of the molecule is COC(=O)N1CCC[C@H](C(=O)N2CCO[C@@H]3CCCC[C@@H]32)C1. The number of nitrogens with zero attached hydrogens (tertiary/aromatic N) is 2. The molecule has 22 heavy (non-hydrogen) atoms. The molecule has 3 fully saturated rings. The molecule has 3 rings (SSSR count). The van der Waals surface area contributed by atoms with Gasteiger partial charge in [-0.05, 0) is 25.7 Å². The van der Waals surface area contributed by atoms with Crippen LogP contribution >= 0.6 is 0 Å². The standard InChI is InChI=1S/C16H26N2O4/c1-21-16(20)17-8-4-5-12(11-17)15(19)18-9-10-22-14-7-3-2-6-13(14)18/h12-14H,2-11H2,1H3/t12-,13-,14+/m0/s1. The third kappa shape index (κ3) is 3.07. The number of amides is 2. The van der Waals surface area contributed by atoms with E-state index in [0.717, 1.165) is 25.7 Å². The maximum atomic E-state index is 13.0. The molecule has 0 N–H and O–H groups in total. The lowest BCUT2D eigenvalue weighted by molar-refractivity contribution is -0.155. The van der Waals surface area contributed by atoms with Crippen LogP contribution in [0.5, 0.6) is 0 Å². The summed E-state index contributed by atoms with van der Waals surface area (Å²) in [5.74, 6) is 0.113. The Hall–Kier alpha value is -1.30. The highest BCUT2D eigenvalue weighted by molar-refractivity contribution is 5.80. The molecule has 0 aromatic rings. The predicted molar refractivity (Wildman–Crippen MR) is 80.4 cm³/mol. The van der Waals surface area contributed by atoms with Gasteiger partial charge in [0.15, 0.2) is 0 Å². The Morgan fingerprint density at radius 1 is 1.09 bits per heavy atom. The molecule has 0 radical (unpaired) electrons. The second-order valence-electron chi connectivity index (χ2n) is 6.55. The minimum absolute atomic E-state index is 0.0893. The van der Waals surface area contributed by atoms with Gasteiger partial charge < -0.3 is 19.3 Å². The number of likely N-dealkylation sites (tertiary alicyclic amines) is 1. The summed E-state index contributed by atoms with van der Waals surface area (Å²) in [6, 6.07) is 0.239. The van der Waals surface area contributed by atoms with Crippen LogP contribution in [-0.2, 0) is 14.3 Å². The number of carbonyl (C=O) groups is 2. The highest BCUT2D eigenvalue weighted by Gasteiger charge is 2.40. The molecule has 0 aromatic heterocycles. The fraction of sp³-hybridized carbons (Fsp3) is 0.875. The minimum Gasteiger partial charge on any atom is -0.453 e. The lowest BCUT2D eigenvalue weighted by Crippen LogP contribution is -2.57. The number of hydrogen-bond acceptors (Lipinski definition) is 4. The molecular weight excluding hydrogens is 284 g/mol. The van der Waals surface area contributed by atoms with E-state index in [1.54, 1.807) is 4.90 Å². The molecule has 2 amide bonds. The molecule has 3 atom stereocenters. The van der Waals surface area contributed by atoms with Crippen molar-refractivity contribution in [2.24, 2.45) is 5.92 Å². The Kier molecular flexibility index (Phi) is 4.86. The van der Waals surface area contributed by atoms with Gasteiger partial charge in [0.25, 0.3) is 0 Å². The molecule has 1 aliphatic carbocycles. The average Bonchev–Trinajstić information content (AvgIpc) is 2.60. The number of piperidine rings is 1. The zero-order valence-electron chi connectivity index (χ0n) is 13.3. The van der Waals surface area contributed by atoms with Gasteiger partial charge >= 0.3 is 6.09 Å². The maximum absolute atomic E-state index is 13.0. The van der Waals surface area contributed by atoms with Crippen molar-refractivity contribution in [3.63, 3.8) is 0 Å². The summed E-state index contributed by atoms with van der Waals surface area (Å²) in [6.07, 6.45) is 6.10. The van der Waals surface area contributed by atoms with Crippen molar-refractivity contribution in [3.8, 4) is 0 Å². The minimum atomic E-state index is -0.324. The third-order valence-electron chi connectivity index (χ3n) is 5.22. The number of morpholine rings is 1. The molecule has 2 heterocycles. The molecular formula is C16H26N2O4. The van der Waals surface area contributed by atoms with E-state index in [0.29, 0.717) is 26.2 Å². The first-order chi connectivity index (χ1) is 10.7. The first-order valence-electron chi connectivity index (χ1n) is 8.45. The Morgan fingerprint density at radius 3 is 2.73 bits per heavy atom. The summed E-state index contributed by atoms with van der Waals surface area (Å²) < 4.78 is 10.6. The Bertz CT molecular complexity index is 426. The Morgan fingerprint density at radius 2 is 1.91 bits per heavy atom. The molecule has 0 spiro atoms. The molecule has 0 aromatic carbocycles. The van der Waals surface area contributed by atoms with Gasteiger partial charge in [-0.2, -0.15) is 0 Å². The molecule has 2 aliphatic heterocycles. The summed E-state index contributed by atoms with van der Waals surface area (Å²) in [6.45, 7) is 2.50. The quantitative estimate of drug-likeness (QED) is 0.739. The van der Waals surface area contributed by atoms with Gasteiger partial charge in [0, 0.05) is 19.6 Å². The van der Waals surface area contributed by atoms with Crippen LogP contribution in [0.3, 0.4) is 0 Å². The van der Waals surface area contributed by atoms with E-state index in [1.165, 1.54) is 20.0 Å². The molecule has 0 bridgehead atoms. The summed E-state index contributed by atoms with van der Waals surface area (Å²) in [4.78, 5) is 28.4. The van der Waals surface area contributed by atoms with Gasteiger partial charge in [-0.25, -0.2) is 4.79 Å². The largest absolute Gasteiger partial charge is 0.453 e. The van der Waals surface area contributed by atoms with E-state index in [-0.39, 0.29) is 30.1 Å². The van der Waals surface area contributed by atoms with Crippen LogP contribution in [0.25, 0.3) is 0 Å². The molecule has 1 saturated carbocycles. The Balaban J connectivity index is 1.65. The third-order valence-corrected chi connectivity index (χ3v) is 5.22. The number of rotatable bonds is 1. The fourth-order valence-electron chi connectivity index (χ4n) is 4.08. The highest BCUT2D eigenvalue weighted by Crippen LogP contribution is 2.30. The van der Waals surface area contributed by atoms with Gasteiger partial charge in [-0.1, -0.05) is 12.8 Å². The van der Waals surface area contributed by atoms with Gasteiger partial charge in [0.2, 0.25) is 5.91 Å². The van der Waals surface area contributed by atoms with E-state index in [2.05, 4.69) is 0 Å². The fourth-order valence-corrected chi connectivity index (χ4v) is 4.08. The van der Waals surface area contributed by atoms with E-state index in [9.17, 15) is 9.59 Å². The van der Waals surface area contributed by atoms with E-state index in [4.69, 9.17) is 9.47 Å². The van der Waals surface area contributed by atoms with Crippen LogP contribution in [0.15, 0.2) is 0 Å². The zero-order chi connectivity index (χ0) is 15.5. The van der Waals surface area contributed by atoms with E-state index < -0.39 is 0 Å². The van der Waals surface area contributed by atoms with Crippen molar-refractivity contribution in [3.05, 3.63) is 0 Å². The molecule has 6 nitrogen and oxygen atoms in total. The van der Waals surface area contributed by atoms with Crippen LogP contribution in [0.2, 0.25) is 0 Å². The van der Waals surface area contributed by atoms with E-state index >= 15 is 0 Å². The second kappa shape index (κ2) is 6.86. The van der Waals surface area contributed by atoms with Crippen molar-refractivity contribution in [1.82, 2.24) is 9.80 Å². The maximum Gasteiger partial charge on any atom is 0.409 e. The van der Waals surface area contributed by atoms with Gasteiger partial charge in [0.05, 0.1) is 31.8 Å². The van der Waals surface area contributed by atoms with Crippen LogP contribution in [0.4, 0.5) is 4.79 Å². The van der Waals surface area contributed by atoms with Crippen molar-refractivity contribution in [2.45, 2.75) is 50.7 Å². The number of hydrogen-bond donors (Lipinski definition) is 0. The number of carbonyl (C=O) groups excluding carboxylic acids is 2. The average molecular weight is 310 g/mol. The first-order valence-corrected chi connectivity index (χ1v) is 8.45. The summed E-state index contributed by atoms with van der Waals surface area (Å²) >= 11 is 0. The number of fused-ring (bicyclic) bond motifs is 1. The van der Waals surface area contributed by atoms with Gasteiger partial charge in [0.1, 0.15) is 0 Å². The highest BCUT2D eigenvalue weighted by atomic mass is 16.5. The lowest BCUT2D eigenvalue weighted by Gasteiger charge is -2.45. The predicted octanol–water partition coefficient (Wildman–Crippen LogP) is 1.63. The molecule has 0 unspecified atom stereocenters. The summed E-state index contributed by atoms with van der Waals surface area (Å²) in [5, 5.41) is 0. The number of methoxy groups -OCH3 is 1. The van der Waals surface area contributed by atoms with Crippen molar-refractivity contribution in [1.29, 1.82) is 0 Å². The van der Waals surface area contributed by atoms with Crippen LogP contribution in [-0.4, -0.2) is 67.3 Å². The lowest BCUT2D eigenvalue weighted by atomic mass is 9.88. The second-order valence-corrected chi connectivity index (χ2v) is 6.55. The smallest absolute Gasteiger partial charge is 0.409 e. The number of ether oxygens (including phenoxy) is 2. The van der Waals surface area contributed by atoms with Crippen molar-refractivity contribution < 1.29 is 19.1 Å². The first kappa shape index (κ1) is 15.6. The van der Waals surface area contributed by atoms with Crippen LogP contribution in [0.1, 0.15) is 38.5 Å². The molecule has 3 aliphatic rings. The van der Waals surface area contributed by atoms with Gasteiger partial charge in [-0.15, -0.1) is 0 Å². The Labute approximate surface area is 131 Å². The monoisotopic (exact) mass is 310 g/mol. The normalized spacial score (nSPS) is 32.3. The zero-order valence-corrected chi connectivity index (χ0v) is 13.3. The molecule has 6 heteroatoms. The molecule has 124 valence electrons. The summed E-state index contributed by atoms with van der Waals surface area (Å²) in [7, 11) is 1.39.